The lowest BCUT2D eigenvalue weighted by Gasteiger charge is -2.41. The number of ether oxygens (including phenoxy) is 1. The highest BCUT2D eigenvalue weighted by Gasteiger charge is 2.44. The number of rotatable bonds is 3. The summed E-state index contributed by atoms with van der Waals surface area (Å²) >= 11 is 0. The monoisotopic (exact) mass is 246 g/mol. The van der Waals surface area contributed by atoms with Gasteiger partial charge in [0.05, 0.1) is 20.2 Å². The molecule has 3 heteroatoms. The molecule has 3 aliphatic rings. The third-order valence-corrected chi connectivity index (χ3v) is 4.48. The second-order valence-corrected chi connectivity index (χ2v) is 5.40. The lowest BCUT2D eigenvalue weighted by atomic mass is 9.80. The molecule has 1 N–H and O–H groups in total. The first-order valence-electron chi connectivity index (χ1n) is 6.80. The lowest BCUT2D eigenvalue weighted by molar-refractivity contribution is -0.927. The van der Waals surface area contributed by atoms with Gasteiger partial charge < -0.3 is 9.64 Å². The van der Waals surface area contributed by atoms with E-state index in [-0.39, 0.29) is 6.04 Å². The summed E-state index contributed by atoms with van der Waals surface area (Å²) in [6.07, 6.45) is 3.02. The van der Waals surface area contributed by atoms with Crippen LogP contribution in [0.4, 0.5) is 0 Å². The van der Waals surface area contributed by atoms with Crippen LogP contribution >= 0.6 is 0 Å². The normalized spacial score (nSPS) is 30.5. The Bertz CT molecular complexity index is 450. The molecule has 0 amide bonds. The standard InChI is InChI=1S/C15H19NO2/c1-18-14-5-3-2-4-12(14)10-13-15(17)11-6-8-16(13)9-7-11/h2-5,11,13H,6-10H2,1H3/p+1/t13-/m1/s1. The maximum absolute atomic E-state index is 12.3. The molecule has 0 unspecified atom stereocenters. The van der Waals surface area contributed by atoms with Gasteiger partial charge in [-0.1, -0.05) is 18.2 Å². The molecule has 3 saturated heterocycles. The van der Waals surface area contributed by atoms with Crippen LogP contribution in [-0.2, 0) is 11.2 Å². The van der Waals surface area contributed by atoms with Crippen LogP contribution in [0, 0.1) is 5.92 Å². The zero-order valence-electron chi connectivity index (χ0n) is 10.8. The van der Waals surface area contributed by atoms with Crippen LogP contribution in [0.1, 0.15) is 18.4 Å². The number of methoxy groups -OCH3 is 1. The zero-order valence-corrected chi connectivity index (χ0v) is 10.8. The lowest BCUT2D eigenvalue weighted by Crippen LogP contribution is -3.20. The third kappa shape index (κ3) is 1.93. The fraction of sp³-hybridized carbons (Fsp3) is 0.533. The van der Waals surface area contributed by atoms with Gasteiger partial charge in [0.15, 0.2) is 11.8 Å². The van der Waals surface area contributed by atoms with Gasteiger partial charge in [0.1, 0.15) is 5.75 Å². The van der Waals surface area contributed by atoms with E-state index in [2.05, 4.69) is 6.07 Å². The minimum absolute atomic E-state index is 0.161. The molecule has 1 aromatic rings. The van der Waals surface area contributed by atoms with E-state index in [1.165, 1.54) is 10.5 Å². The Labute approximate surface area is 108 Å². The number of hydrogen-bond acceptors (Lipinski definition) is 2. The number of ketones is 1. The second kappa shape index (κ2) is 4.73. The number of Topliss-reactive ketones (excluding diaryl/α,β-unsaturated/α-hetero) is 1. The maximum Gasteiger partial charge on any atom is 0.193 e. The van der Waals surface area contributed by atoms with Crippen LogP contribution in [0.5, 0.6) is 5.75 Å². The molecule has 18 heavy (non-hydrogen) atoms. The van der Waals surface area contributed by atoms with Gasteiger partial charge in [-0.15, -0.1) is 0 Å². The number of piperidine rings is 3. The Morgan fingerprint density at radius 3 is 2.67 bits per heavy atom. The van der Waals surface area contributed by atoms with E-state index in [9.17, 15) is 4.79 Å². The van der Waals surface area contributed by atoms with E-state index in [1.807, 2.05) is 18.2 Å². The summed E-state index contributed by atoms with van der Waals surface area (Å²) < 4.78 is 5.38. The Hall–Kier alpha value is -1.35. The minimum Gasteiger partial charge on any atom is -0.496 e. The first kappa shape index (κ1) is 11.7. The molecule has 3 aliphatic heterocycles. The van der Waals surface area contributed by atoms with Gasteiger partial charge in [-0.25, -0.2) is 0 Å². The molecular formula is C15H20NO2+. The van der Waals surface area contributed by atoms with Crippen molar-refractivity contribution < 1.29 is 14.4 Å². The van der Waals surface area contributed by atoms with Crippen LogP contribution in [0.2, 0.25) is 0 Å². The summed E-state index contributed by atoms with van der Waals surface area (Å²) in [7, 11) is 1.70. The zero-order chi connectivity index (χ0) is 12.5. The number of quaternary nitrogens is 1. The number of hydrogen-bond donors (Lipinski definition) is 1. The van der Waals surface area contributed by atoms with Crippen molar-refractivity contribution in [2.24, 2.45) is 5.92 Å². The molecule has 2 bridgehead atoms. The average Bonchev–Trinajstić information content (AvgIpc) is 2.44. The van der Waals surface area contributed by atoms with Gasteiger partial charge in [0.25, 0.3) is 0 Å². The predicted molar refractivity (Wildman–Crippen MR) is 68.9 cm³/mol. The van der Waals surface area contributed by atoms with E-state index in [1.54, 1.807) is 7.11 Å². The molecule has 0 spiro atoms. The van der Waals surface area contributed by atoms with Crippen molar-refractivity contribution in [3.63, 3.8) is 0 Å². The minimum atomic E-state index is 0.161. The van der Waals surface area contributed by atoms with Crippen molar-refractivity contribution in [3.8, 4) is 5.75 Å². The SMILES string of the molecule is COc1ccccc1C[C@@H]1C(=O)C2CC[NH+]1CC2. The first-order chi connectivity index (χ1) is 8.79. The van der Waals surface area contributed by atoms with Gasteiger partial charge >= 0.3 is 0 Å². The van der Waals surface area contributed by atoms with Crippen LogP contribution in [0.25, 0.3) is 0 Å². The van der Waals surface area contributed by atoms with Crippen LogP contribution < -0.4 is 9.64 Å². The third-order valence-electron chi connectivity index (χ3n) is 4.48. The van der Waals surface area contributed by atoms with E-state index in [0.29, 0.717) is 11.7 Å². The molecule has 0 aromatic heterocycles. The van der Waals surface area contributed by atoms with E-state index >= 15 is 0 Å². The topological polar surface area (TPSA) is 30.7 Å². The van der Waals surface area contributed by atoms with Crippen LogP contribution in [0.3, 0.4) is 0 Å². The highest BCUT2D eigenvalue weighted by Crippen LogP contribution is 2.23. The number of carbonyl (C=O) groups is 1. The molecular weight excluding hydrogens is 226 g/mol. The van der Waals surface area contributed by atoms with Gasteiger partial charge in [0, 0.05) is 30.7 Å². The smallest absolute Gasteiger partial charge is 0.193 e. The quantitative estimate of drug-likeness (QED) is 0.841. The highest BCUT2D eigenvalue weighted by molar-refractivity contribution is 5.86. The largest absolute Gasteiger partial charge is 0.496 e. The molecule has 0 saturated carbocycles. The molecule has 0 aliphatic carbocycles. The Balaban J connectivity index is 1.82. The van der Waals surface area contributed by atoms with Crippen LogP contribution in [-0.4, -0.2) is 32.0 Å². The summed E-state index contributed by atoms with van der Waals surface area (Å²) in [4.78, 5) is 13.8. The predicted octanol–water partition coefficient (Wildman–Crippen LogP) is 0.484. The molecule has 0 radical (unpaired) electrons. The molecule has 3 heterocycles. The Kier molecular flexibility index (Phi) is 3.08. The second-order valence-electron chi connectivity index (χ2n) is 5.40. The van der Waals surface area contributed by atoms with Gasteiger partial charge in [0.2, 0.25) is 0 Å². The van der Waals surface area contributed by atoms with E-state index in [0.717, 1.165) is 38.1 Å². The summed E-state index contributed by atoms with van der Waals surface area (Å²) in [5.41, 5.74) is 1.17. The maximum atomic E-state index is 12.3. The number of fused-ring (bicyclic) bond motifs is 3. The summed E-state index contributed by atoms with van der Waals surface area (Å²) in [5, 5.41) is 0. The fourth-order valence-electron chi connectivity index (χ4n) is 3.44. The molecule has 3 nitrogen and oxygen atoms in total. The number of para-hydroxylation sites is 1. The van der Waals surface area contributed by atoms with Gasteiger partial charge in [-0.05, 0) is 6.07 Å². The van der Waals surface area contributed by atoms with E-state index in [4.69, 9.17) is 4.74 Å². The van der Waals surface area contributed by atoms with Crippen molar-refractivity contribution >= 4 is 5.78 Å². The molecule has 96 valence electrons. The first-order valence-corrected chi connectivity index (χ1v) is 6.80. The van der Waals surface area contributed by atoms with Gasteiger partial charge in [-0.3, -0.25) is 4.79 Å². The van der Waals surface area contributed by atoms with Crippen molar-refractivity contribution in [2.75, 3.05) is 20.2 Å². The van der Waals surface area contributed by atoms with Crippen molar-refractivity contribution in [3.05, 3.63) is 29.8 Å². The summed E-state index contributed by atoms with van der Waals surface area (Å²) in [6, 6.07) is 8.22. The summed E-state index contributed by atoms with van der Waals surface area (Å²) in [5.74, 6) is 1.72. The number of nitrogens with one attached hydrogen (secondary N) is 1. The summed E-state index contributed by atoms with van der Waals surface area (Å²) in [6.45, 7) is 2.33. The molecule has 4 rings (SSSR count). The highest BCUT2D eigenvalue weighted by atomic mass is 16.5. The van der Waals surface area contributed by atoms with E-state index < -0.39 is 0 Å². The van der Waals surface area contributed by atoms with Crippen molar-refractivity contribution in [2.45, 2.75) is 25.3 Å². The number of benzene rings is 1. The average molecular weight is 246 g/mol. The molecule has 3 fully saturated rings. The van der Waals surface area contributed by atoms with Crippen LogP contribution in [0.15, 0.2) is 24.3 Å². The van der Waals surface area contributed by atoms with Crippen molar-refractivity contribution in [1.29, 1.82) is 0 Å². The number of carbonyl (C=O) groups excluding carboxylic acids is 1. The Morgan fingerprint density at radius 2 is 2.00 bits per heavy atom. The molecule has 1 atom stereocenters. The Morgan fingerprint density at radius 1 is 1.28 bits per heavy atom. The fourth-order valence-corrected chi connectivity index (χ4v) is 3.44. The van der Waals surface area contributed by atoms with Gasteiger partial charge in [-0.2, -0.15) is 0 Å². The van der Waals surface area contributed by atoms with Crippen molar-refractivity contribution in [1.82, 2.24) is 0 Å². The molecule has 1 aromatic carbocycles.